The molecule has 0 aromatic carbocycles. The fraction of sp³-hybridized carbons (Fsp3) is 0.917. The lowest BCUT2D eigenvalue weighted by atomic mass is 9.91. The third-order valence-corrected chi connectivity index (χ3v) is 3.84. The van der Waals surface area contributed by atoms with Crippen LogP contribution in [-0.2, 0) is 4.74 Å². The van der Waals surface area contributed by atoms with Gasteiger partial charge in [-0.05, 0) is 25.7 Å². The molecule has 98 valence electrons. The second kappa shape index (κ2) is 5.69. The molecule has 0 spiro atoms. The number of ether oxygens (including phenoxy) is 1. The predicted molar refractivity (Wildman–Crippen MR) is 65.7 cm³/mol. The van der Waals surface area contributed by atoms with E-state index in [2.05, 4.69) is 6.92 Å². The second-order valence-electron chi connectivity index (χ2n) is 5.07. The molecule has 0 aliphatic carbocycles. The summed E-state index contributed by atoms with van der Waals surface area (Å²) in [5, 5.41) is 0. The van der Waals surface area contributed by atoms with Crippen molar-refractivity contribution in [2.24, 2.45) is 11.7 Å². The summed E-state index contributed by atoms with van der Waals surface area (Å²) in [5.74, 6) is 0.573. The molecule has 17 heavy (non-hydrogen) atoms. The molecular formula is C12H23N3O2. The van der Waals surface area contributed by atoms with Gasteiger partial charge in [0.1, 0.15) is 0 Å². The van der Waals surface area contributed by atoms with Gasteiger partial charge in [0, 0.05) is 32.2 Å². The number of morpholine rings is 1. The first kappa shape index (κ1) is 12.6. The number of rotatable bonds is 1. The summed E-state index contributed by atoms with van der Waals surface area (Å²) < 4.78 is 5.26. The largest absolute Gasteiger partial charge is 0.378 e. The van der Waals surface area contributed by atoms with E-state index in [1.807, 2.05) is 9.80 Å². The van der Waals surface area contributed by atoms with Crippen LogP contribution in [0.25, 0.3) is 0 Å². The van der Waals surface area contributed by atoms with Crippen molar-refractivity contribution in [3.63, 3.8) is 0 Å². The molecule has 2 heterocycles. The van der Waals surface area contributed by atoms with Gasteiger partial charge in [-0.25, -0.2) is 4.79 Å². The number of urea groups is 1. The molecule has 2 rings (SSSR count). The van der Waals surface area contributed by atoms with Crippen LogP contribution in [0.15, 0.2) is 0 Å². The minimum atomic E-state index is 0.177. The summed E-state index contributed by atoms with van der Waals surface area (Å²) in [5.41, 5.74) is 5.90. The van der Waals surface area contributed by atoms with Crippen LogP contribution in [0.2, 0.25) is 0 Å². The van der Waals surface area contributed by atoms with Crippen molar-refractivity contribution in [2.45, 2.75) is 25.8 Å². The number of likely N-dealkylation sites (tertiary alicyclic amines) is 1. The van der Waals surface area contributed by atoms with E-state index in [4.69, 9.17) is 10.5 Å². The molecule has 2 amide bonds. The maximum Gasteiger partial charge on any atom is 0.320 e. The number of hydrogen-bond donors (Lipinski definition) is 1. The summed E-state index contributed by atoms with van der Waals surface area (Å²) in [4.78, 5) is 16.1. The quantitative estimate of drug-likeness (QED) is 0.727. The van der Waals surface area contributed by atoms with Gasteiger partial charge in [0.2, 0.25) is 0 Å². The van der Waals surface area contributed by atoms with Crippen LogP contribution in [0, 0.1) is 5.92 Å². The first-order valence-electron chi connectivity index (χ1n) is 6.55. The minimum absolute atomic E-state index is 0.177. The van der Waals surface area contributed by atoms with Gasteiger partial charge in [0.15, 0.2) is 0 Å². The smallest absolute Gasteiger partial charge is 0.320 e. The lowest BCUT2D eigenvalue weighted by Gasteiger charge is -2.37. The molecule has 5 heteroatoms. The van der Waals surface area contributed by atoms with Crippen LogP contribution in [0.5, 0.6) is 0 Å². The van der Waals surface area contributed by atoms with Gasteiger partial charge in [-0.1, -0.05) is 0 Å². The van der Waals surface area contributed by atoms with Gasteiger partial charge >= 0.3 is 6.03 Å². The van der Waals surface area contributed by atoms with E-state index in [0.29, 0.717) is 19.1 Å². The Kier molecular flexibility index (Phi) is 4.23. The average molecular weight is 241 g/mol. The highest BCUT2D eigenvalue weighted by atomic mass is 16.5. The molecule has 0 aromatic rings. The van der Waals surface area contributed by atoms with Crippen molar-refractivity contribution >= 4 is 6.03 Å². The molecule has 1 atom stereocenters. The van der Waals surface area contributed by atoms with Crippen molar-refractivity contribution in [3.8, 4) is 0 Å². The molecule has 0 radical (unpaired) electrons. The number of nitrogens with two attached hydrogens (primary N) is 1. The summed E-state index contributed by atoms with van der Waals surface area (Å²) in [6.07, 6.45) is 2.07. The van der Waals surface area contributed by atoms with Crippen LogP contribution in [0.1, 0.15) is 19.8 Å². The zero-order valence-corrected chi connectivity index (χ0v) is 10.6. The Labute approximate surface area is 103 Å². The van der Waals surface area contributed by atoms with Crippen LogP contribution in [-0.4, -0.2) is 61.3 Å². The molecule has 2 aliphatic rings. The van der Waals surface area contributed by atoms with Gasteiger partial charge in [0.05, 0.1) is 13.2 Å². The van der Waals surface area contributed by atoms with Gasteiger partial charge in [-0.2, -0.15) is 0 Å². The summed E-state index contributed by atoms with van der Waals surface area (Å²) in [6.45, 7) is 6.55. The maximum absolute atomic E-state index is 12.2. The van der Waals surface area contributed by atoms with Gasteiger partial charge in [0.25, 0.3) is 0 Å². The van der Waals surface area contributed by atoms with E-state index < -0.39 is 0 Å². The summed E-state index contributed by atoms with van der Waals surface area (Å²) in [7, 11) is 0. The molecule has 2 N–H and O–H groups in total. The molecule has 2 saturated heterocycles. The Morgan fingerprint density at radius 3 is 2.24 bits per heavy atom. The molecule has 2 fully saturated rings. The third-order valence-electron chi connectivity index (χ3n) is 3.84. The number of amides is 2. The number of hydrogen-bond acceptors (Lipinski definition) is 3. The Hall–Kier alpha value is -0.810. The fourth-order valence-corrected chi connectivity index (χ4v) is 2.57. The van der Waals surface area contributed by atoms with Crippen LogP contribution in [0.3, 0.4) is 0 Å². The SMILES string of the molecule is CC(N)C1CCN(C(=O)N2CCOCC2)CC1. The van der Waals surface area contributed by atoms with Crippen molar-refractivity contribution < 1.29 is 9.53 Å². The highest BCUT2D eigenvalue weighted by molar-refractivity contribution is 5.74. The van der Waals surface area contributed by atoms with Crippen LogP contribution in [0.4, 0.5) is 4.79 Å². The van der Waals surface area contributed by atoms with E-state index in [1.165, 1.54) is 0 Å². The van der Waals surface area contributed by atoms with Gasteiger partial charge < -0.3 is 20.3 Å². The molecule has 0 bridgehead atoms. The number of nitrogens with zero attached hydrogens (tertiary/aromatic N) is 2. The van der Waals surface area contributed by atoms with Crippen LogP contribution < -0.4 is 5.73 Å². The molecule has 0 aromatic heterocycles. The topological polar surface area (TPSA) is 58.8 Å². The first-order chi connectivity index (χ1) is 8.18. The van der Waals surface area contributed by atoms with E-state index in [0.717, 1.165) is 39.0 Å². The van der Waals surface area contributed by atoms with Crippen molar-refractivity contribution in [1.82, 2.24) is 9.80 Å². The average Bonchev–Trinajstić information content (AvgIpc) is 2.39. The Balaban J connectivity index is 1.81. The highest BCUT2D eigenvalue weighted by Gasteiger charge is 2.28. The van der Waals surface area contributed by atoms with Crippen molar-refractivity contribution in [3.05, 3.63) is 0 Å². The monoisotopic (exact) mass is 241 g/mol. The first-order valence-corrected chi connectivity index (χ1v) is 6.55. The number of carbonyl (C=O) groups is 1. The molecule has 2 aliphatic heterocycles. The summed E-state index contributed by atoms with van der Waals surface area (Å²) in [6, 6.07) is 0.423. The Morgan fingerprint density at radius 2 is 1.71 bits per heavy atom. The molecule has 5 nitrogen and oxygen atoms in total. The van der Waals surface area contributed by atoms with E-state index >= 15 is 0 Å². The van der Waals surface area contributed by atoms with E-state index in [1.54, 1.807) is 0 Å². The zero-order valence-electron chi connectivity index (χ0n) is 10.6. The Bertz CT molecular complexity index is 256. The Morgan fingerprint density at radius 1 is 1.18 bits per heavy atom. The highest BCUT2D eigenvalue weighted by Crippen LogP contribution is 2.20. The van der Waals surface area contributed by atoms with E-state index in [9.17, 15) is 4.79 Å². The lowest BCUT2D eigenvalue weighted by molar-refractivity contribution is 0.0396. The normalized spacial score (nSPS) is 24.8. The van der Waals surface area contributed by atoms with Crippen LogP contribution >= 0.6 is 0 Å². The molecular weight excluding hydrogens is 218 g/mol. The van der Waals surface area contributed by atoms with Gasteiger partial charge in [-0.15, -0.1) is 0 Å². The standard InChI is InChI=1S/C12H23N3O2/c1-10(13)11-2-4-14(5-3-11)12(16)15-6-8-17-9-7-15/h10-11H,2-9,13H2,1H3. The fourth-order valence-electron chi connectivity index (χ4n) is 2.57. The molecule has 1 unspecified atom stereocenters. The summed E-state index contributed by atoms with van der Waals surface area (Å²) >= 11 is 0. The maximum atomic E-state index is 12.2. The van der Waals surface area contributed by atoms with E-state index in [-0.39, 0.29) is 12.1 Å². The van der Waals surface area contributed by atoms with Gasteiger partial charge in [-0.3, -0.25) is 0 Å². The zero-order chi connectivity index (χ0) is 12.3. The second-order valence-corrected chi connectivity index (χ2v) is 5.07. The number of carbonyl (C=O) groups excluding carboxylic acids is 1. The van der Waals surface area contributed by atoms with Crippen molar-refractivity contribution in [1.29, 1.82) is 0 Å². The predicted octanol–water partition coefficient (Wildman–Crippen LogP) is 0.498. The lowest BCUT2D eigenvalue weighted by Crippen LogP contribution is -2.51. The molecule has 0 saturated carbocycles. The van der Waals surface area contributed by atoms with Crippen molar-refractivity contribution in [2.75, 3.05) is 39.4 Å². The third kappa shape index (κ3) is 3.10. The minimum Gasteiger partial charge on any atom is -0.378 e. The number of piperidine rings is 1.